The zero-order chi connectivity index (χ0) is 14.0. The Labute approximate surface area is 124 Å². The van der Waals surface area contributed by atoms with Crippen molar-refractivity contribution >= 4 is 17.6 Å². The van der Waals surface area contributed by atoms with E-state index in [1.54, 1.807) is 0 Å². The summed E-state index contributed by atoms with van der Waals surface area (Å²) in [4.78, 5) is 14.6. The van der Waals surface area contributed by atoms with Crippen molar-refractivity contribution < 1.29 is 9.53 Å². The quantitative estimate of drug-likeness (QED) is 0.631. The smallest absolute Gasteiger partial charge is 0.326 e. The predicted octanol–water partition coefficient (Wildman–Crippen LogP) is 2.97. The average molecular weight is 294 g/mol. The molecule has 0 bridgehead atoms. The molecule has 0 N–H and O–H groups in total. The Morgan fingerprint density at radius 3 is 2.75 bits per heavy atom. The van der Waals surface area contributed by atoms with E-state index in [0.29, 0.717) is 18.5 Å². The highest BCUT2D eigenvalue weighted by Crippen LogP contribution is 2.42. The van der Waals surface area contributed by atoms with Gasteiger partial charge >= 0.3 is 5.97 Å². The Morgan fingerprint density at radius 1 is 1.30 bits per heavy atom. The van der Waals surface area contributed by atoms with Crippen LogP contribution in [0.5, 0.6) is 0 Å². The molecule has 2 aliphatic rings. The fourth-order valence-corrected chi connectivity index (χ4v) is 3.83. The lowest BCUT2D eigenvalue weighted by molar-refractivity contribution is -0.147. The minimum Gasteiger partial charge on any atom is -0.464 e. The van der Waals surface area contributed by atoms with Gasteiger partial charge in [-0.1, -0.05) is 30.3 Å². The van der Waals surface area contributed by atoms with E-state index in [1.165, 1.54) is 5.56 Å². The number of halogens is 1. The molecule has 3 rings (SSSR count). The summed E-state index contributed by atoms with van der Waals surface area (Å²) in [5.41, 5.74) is 0.847. The Balaban J connectivity index is 1.86. The maximum atomic E-state index is 12.3. The van der Waals surface area contributed by atoms with Gasteiger partial charge < -0.3 is 4.74 Å². The molecule has 3 nitrogen and oxygen atoms in total. The first kappa shape index (κ1) is 13.9. The first-order valence-electron chi connectivity index (χ1n) is 7.30. The monoisotopic (exact) mass is 293 g/mol. The lowest BCUT2D eigenvalue weighted by Gasteiger charge is -2.35. The molecule has 2 saturated heterocycles. The van der Waals surface area contributed by atoms with E-state index >= 15 is 0 Å². The van der Waals surface area contributed by atoms with E-state index in [0.717, 1.165) is 32.2 Å². The number of esters is 1. The van der Waals surface area contributed by atoms with Gasteiger partial charge in [0.05, 0.1) is 6.61 Å². The third-order valence-electron chi connectivity index (χ3n) is 4.65. The van der Waals surface area contributed by atoms with Gasteiger partial charge in [-0.15, -0.1) is 11.6 Å². The van der Waals surface area contributed by atoms with E-state index in [9.17, 15) is 4.79 Å². The topological polar surface area (TPSA) is 29.5 Å². The van der Waals surface area contributed by atoms with E-state index < -0.39 is 5.54 Å². The van der Waals surface area contributed by atoms with Gasteiger partial charge in [-0.2, -0.15) is 0 Å². The van der Waals surface area contributed by atoms with Crippen LogP contribution in [0.25, 0.3) is 0 Å². The molecule has 0 radical (unpaired) electrons. The molecule has 1 aromatic rings. The third-order valence-corrected chi connectivity index (χ3v) is 4.87. The maximum Gasteiger partial charge on any atom is 0.326 e. The highest BCUT2D eigenvalue weighted by molar-refractivity contribution is 6.17. The number of carbonyl (C=O) groups excluding carboxylic acids is 1. The van der Waals surface area contributed by atoms with Gasteiger partial charge in [-0.25, -0.2) is 0 Å². The van der Waals surface area contributed by atoms with Crippen molar-refractivity contribution in [2.24, 2.45) is 0 Å². The predicted molar refractivity (Wildman–Crippen MR) is 78.7 cm³/mol. The molecule has 2 aliphatic heterocycles. The summed E-state index contributed by atoms with van der Waals surface area (Å²) in [5, 5.41) is 0. The van der Waals surface area contributed by atoms with E-state index in [1.807, 2.05) is 18.2 Å². The van der Waals surface area contributed by atoms with Crippen molar-refractivity contribution in [3.63, 3.8) is 0 Å². The molecule has 0 amide bonds. The summed E-state index contributed by atoms with van der Waals surface area (Å²) < 4.78 is 5.27. The molecule has 20 heavy (non-hydrogen) atoms. The molecule has 108 valence electrons. The molecular formula is C16H20ClNO2. The Bertz CT molecular complexity index is 479. The number of ether oxygens (including phenoxy) is 1. The second-order valence-corrected chi connectivity index (χ2v) is 6.08. The number of rotatable bonds is 4. The van der Waals surface area contributed by atoms with Crippen LogP contribution in [0.1, 0.15) is 31.2 Å². The van der Waals surface area contributed by atoms with Gasteiger partial charge in [0.25, 0.3) is 0 Å². The van der Waals surface area contributed by atoms with E-state index in [-0.39, 0.29) is 5.97 Å². The molecule has 0 aliphatic carbocycles. The van der Waals surface area contributed by atoms with Crippen LogP contribution in [0.4, 0.5) is 0 Å². The highest BCUT2D eigenvalue weighted by Gasteiger charge is 2.54. The van der Waals surface area contributed by atoms with Crippen LogP contribution in [0.3, 0.4) is 0 Å². The number of likely N-dealkylation sites (tertiary alicyclic amines) is 1. The molecular weight excluding hydrogens is 274 g/mol. The van der Waals surface area contributed by atoms with Crippen molar-refractivity contribution in [2.45, 2.75) is 43.8 Å². The number of carbonyl (C=O) groups is 1. The van der Waals surface area contributed by atoms with Crippen LogP contribution in [0.2, 0.25) is 0 Å². The number of hydrogen-bond donors (Lipinski definition) is 0. The fraction of sp³-hybridized carbons (Fsp3) is 0.562. The second-order valence-electron chi connectivity index (χ2n) is 5.70. The molecule has 1 aromatic carbocycles. The van der Waals surface area contributed by atoms with Gasteiger partial charge in [0, 0.05) is 24.9 Å². The van der Waals surface area contributed by atoms with Gasteiger partial charge in [0.1, 0.15) is 5.54 Å². The lowest BCUT2D eigenvalue weighted by atomic mass is 9.94. The van der Waals surface area contributed by atoms with Crippen LogP contribution >= 0.6 is 11.6 Å². The normalized spacial score (nSPS) is 30.1. The SMILES string of the molecule is O=C1OCC[C@]12CC[C@H](CCCl)N2Cc1ccccc1. The molecule has 2 fully saturated rings. The van der Waals surface area contributed by atoms with Gasteiger partial charge in [-0.3, -0.25) is 9.69 Å². The number of benzene rings is 1. The van der Waals surface area contributed by atoms with Crippen molar-refractivity contribution in [3.05, 3.63) is 35.9 Å². The first-order chi connectivity index (χ1) is 9.76. The number of alkyl halides is 1. The Morgan fingerprint density at radius 2 is 2.10 bits per heavy atom. The summed E-state index contributed by atoms with van der Waals surface area (Å²) in [6.45, 7) is 1.36. The maximum absolute atomic E-state index is 12.3. The molecule has 0 unspecified atom stereocenters. The summed E-state index contributed by atoms with van der Waals surface area (Å²) in [6.07, 6.45) is 3.69. The zero-order valence-corrected chi connectivity index (χ0v) is 12.3. The second kappa shape index (κ2) is 5.74. The van der Waals surface area contributed by atoms with Crippen LogP contribution < -0.4 is 0 Å². The largest absolute Gasteiger partial charge is 0.464 e. The Hall–Kier alpha value is -1.06. The summed E-state index contributed by atoms with van der Waals surface area (Å²) in [5.74, 6) is 0.603. The molecule has 2 atom stereocenters. The van der Waals surface area contributed by atoms with Crippen molar-refractivity contribution in [2.75, 3.05) is 12.5 Å². The van der Waals surface area contributed by atoms with Crippen LogP contribution in [0, 0.1) is 0 Å². The van der Waals surface area contributed by atoms with E-state index in [2.05, 4.69) is 17.0 Å². The molecule has 1 spiro atoms. The van der Waals surface area contributed by atoms with Crippen LogP contribution in [0.15, 0.2) is 30.3 Å². The molecule has 0 aromatic heterocycles. The minimum atomic E-state index is -0.396. The standard InChI is InChI=1S/C16H20ClNO2/c17-10-7-14-6-8-16(9-11-20-15(16)19)18(14)12-13-4-2-1-3-5-13/h1-5,14H,6-12H2/t14-,16-/m1/s1. The third kappa shape index (κ3) is 2.33. The number of hydrogen-bond acceptors (Lipinski definition) is 3. The van der Waals surface area contributed by atoms with E-state index in [4.69, 9.17) is 16.3 Å². The molecule has 2 heterocycles. The van der Waals surface area contributed by atoms with Gasteiger partial charge in [0.15, 0.2) is 0 Å². The van der Waals surface area contributed by atoms with Crippen molar-refractivity contribution in [1.29, 1.82) is 0 Å². The fourth-order valence-electron chi connectivity index (χ4n) is 3.58. The van der Waals surface area contributed by atoms with Crippen molar-refractivity contribution in [3.8, 4) is 0 Å². The lowest BCUT2D eigenvalue weighted by Crippen LogP contribution is -2.50. The summed E-state index contributed by atoms with van der Waals surface area (Å²) in [7, 11) is 0. The van der Waals surface area contributed by atoms with Crippen molar-refractivity contribution in [1.82, 2.24) is 4.90 Å². The van der Waals surface area contributed by atoms with Crippen LogP contribution in [-0.4, -0.2) is 34.9 Å². The first-order valence-corrected chi connectivity index (χ1v) is 7.83. The Kier molecular flexibility index (Phi) is 3.99. The minimum absolute atomic E-state index is 0.0366. The average Bonchev–Trinajstić information content (AvgIpc) is 3.00. The molecule has 4 heteroatoms. The molecule has 0 saturated carbocycles. The summed E-state index contributed by atoms with van der Waals surface area (Å²) >= 11 is 5.94. The zero-order valence-electron chi connectivity index (χ0n) is 11.6. The number of cyclic esters (lactones) is 1. The highest BCUT2D eigenvalue weighted by atomic mass is 35.5. The van der Waals surface area contributed by atoms with Gasteiger partial charge in [-0.05, 0) is 24.8 Å². The van der Waals surface area contributed by atoms with Crippen LogP contribution in [-0.2, 0) is 16.1 Å². The number of nitrogens with zero attached hydrogens (tertiary/aromatic N) is 1. The van der Waals surface area contributed by atoms with Gasteiger partial charge in [0.2, 0.25) is 0 Å². The summed E-state index contributed by atoms with van der Waals surface area (Å²) in [6, 6.07) is 10.7.